The molecule has 0 aliphatic carbocycles. The standard InChI is InChI=1S/C17H18N4OS/c1-11-9-23-17-15(11)16(19-10-20-17)21-13-4-2-3-5-14(13)22-12-6-7-18-8-12/h2-5,9-10,12,18H,6-8H2,1H3,(H,19,20,21). The summed E-state index contributed by atoms with van der Waals surface area (Å²) in [5.41, 5.74) is 2.12. The van der Waals surface area contributed by atoms with Crippen LogP contribution in [0.5, 0.6) is 5.75 Å². The van der Waals surface area contributed by atoms with Gasteiger partial charge in [-0.15, -0.1) is 11.3 Å². The van der Waals surface area contributed by atoms with Crippen molar-refractivity contribution in [2.24, 2.45) is 0 Å². The van der Waals surface area contributed by atoms with Crippen molar-refractivity contribution in [3.8, 4) is 5.75 Å². The first-order chi connectivity index (χ1) is 11.3. The molecule has 1 unspecified atom stereocenters. The number of hydrogen-bond donors (Lipinski definition) is 2. The fourth-order valence-corrected chi connectivity index (χ4v) is 3.71. The molecule has 1 atom stereocenters. The Hall–Kier alpha value is -2.18. The van der Waals surface area contributed by atoms with Crippen LogP contribution in [-0.2, 0) is 0 Å². The number of aromatic nitrogens is 2. The van der Waals surface area contributed by atoms with Crippen LogP contribution in [0.1, 0.15) is 12.0 Å². The van der Waals surface area contributed by atoms with Crippen molar-refractivity contribution in [3.05, 3.63) is 41.5 Å². The van der Waals surface area contributed by atoms with Crippen molar-refractivity contribution in [2.75, 3.05) is 18.4 Å². The van der Waals surface area contributed by atoms with Crippen molar-refractivity contribution < 1.29 is 4.74 Å². The lowest BCUT2D eigenvalue weighted by Crippen LogP contribution is -2.20. The first kappa shape index (κ1) is 14.4. The quantitative estimate of drug-likeness (QED) is 0.768. The first-order valence-corrected chi connectivity index (χ1v) is 8.61. The number of fused-ring (bicyclic) bond motifs is 1. The van der Waals surface area contributed by atoms with E-state index in [0.29, 0.717) is 0 Å². The van der Waals surface area contributed by atoms with Crippen LogP contribution in [0, 0.1) is 6.92 Å². The fraction of sp³-hybridized carbons (Fsp3) is 0.294. The van der Waals surface area contributed by atoms with Crippen LogP contribution >= 0.6 is 11.3 Å². The van der Waals surface area contributed by atoms with Gasteiger partial charge >= 0.3 is 0 Å². The zero-order valence-electron chi connectivity index (χ0n) is 12.9. The summed E-state index contributed by atoms with van der Waals surface area (Å²) in [6, 6.07) is 8.02. The van der Waals surface area contributed by atoms with E-state index in [1.54, 1.807) is 17.7 Å². The highest BCUT2D eigenvalue weighted by atomic mass is 32.1. The van der Waals surface area contributed by atoms with Gasteiger partial charge in [-0.3, -0.25) is 0 Å². The third-order valence-electron chi connectivity index (χ3n) is 4.00. The molecule has 2 aromatic heterocycles. The molecule has 0 bridgehead atoms. The van der Waals surface area contributed by atoms with Gasteiger partial charge in [-0.25, -0.2) is 9.97 Å². The molecule has 0 amide bonds. The lowest BCUT2D eigenvalue weighted by Gasteiger charge is -2.17. The molecule has 3 heterocycles. The van der Waals surface area contributed by atoms with Crippen LogP contribution in [0.2, 0.25) is 0 Å². The summed E-state index contributed by atoms with van der Waals surface area (Å²) in [4.78, 5) is 9.76. The molecule has 3 aromatic rings. The number of thiophene rings is 1. The Balaban J connectivity index is 1.66. The van der Waals surface area contributed by atoms with Crippen molar-refractivity contribution >= 4 is 33.1 Å². The van der Waals surface area contributed by atoms with Crippen molar-refractivity contribution in [1.29, 1.82) is 0 Å². The fourth-order valence-electron chi connectivity index (χ4n) is 2.82. The normalized spacial score (nSPS) is 17.5. The molecule has 6 heteroatoms. The molecule has 1 aliphatic heterocycles. The van der Waals surface area contributed by atoms with E-state index in [9.17, 15) is 0 Å². The maximum Gasteiger partial charge on any atom is 0.143 e. The maximum absolute atomic E-state index is 6.14. The second-order valence-corrected chi connectivity index (χ2v) is 6.53. The molecule has 2 N–H and O–H groups in total. The number of para-hydroxylation sites is 2. The molecule has 0 saturated carbocycles. The van der Waals surface area contributed by atoms with Gasteiger partial charge in [-0.05, 0) is 43.0 Å². The van der Waals surface area contributed by atoms with Gasteiger partial charge in [-0.1, -0.05) is 12.1 Å². The van der Waals surface area contributed by atoms with Gasteiger partial charge < -0.3 is 15.4 Å². The second kappa shape index (κ2) is 6.14. The molecule has 0 radical (unpaired) electrons. The van der Waals surface area contributed by atoms with Crippen LogP contribution in [0.15, 0.2) is 36.0 Å². The highest BCUT2D eigenvalue weighted by Gasteiger charge is 2.18. The third-order valence-corrected chi connectivity index (χ3v) is 5.01. The average Bonchev–Trinajstić information content (AvgIpc) is 3.20. The zero-order chi connectivity index (χ0) is 15.6. The minimum absolute atomic E-state index is 0.228. The number of nitrogens with zero attached hydrogens (tertiary/aromatic N) is 2. The Bertz CT molecular complexity index is 826. The summed E-state index contributed by atoms with van der Waals surface area (Å²) in [5.74, 6) is 1.69. The second-order valence-electron chi connectivity index (χ2n) is 5.67. The van der Waals surface area contributed by atoms with Crippen LogP contribution in [0.4, 0.5) is 11.5 Å². The van der Waals surface area contributed by atoms with Gasteiger partial charge in [0.05, 0.1) is 11.1 Å². The molecule has 5 nitrogen and oxygen atoms in total. The zero-order valence-corrected chi connectivity index (χ0v) is 13.7. The Kier molecular flexibility index (Phi) is 3.85. The number of rotatable bonds is 4. The topological polar surface area (TPSA) is 59.1 Å². The van der Waals surface area contributed by atoms with Crippen molar-refractivity contribution in [2.45, 2.75) is 19.4 Å². The minimum atomic E-state index is 0.228. The van der Waals surface area contributed by atoms with E-state index in [-0.39, 0.29) is 6.10 Å². The van der Waals surface area contributed by atoms with Crippen LogP contribution in [0.25, 0.3) is 10.2 Å². The Morgan fingerprint density at radius 1 is 1.30 bits per heavy atom. The van der Waals surface area contributed by atoms with Gasteiger partial charge in [0, 0.05) is 6.54 Å². The number of aryl methyl sites for hydroxylation is 1. The molecule has 4 rings (SSSR count). The van der Waals surface area contributed by atoms with E-state index in [4.69, 9.17) is 4.74 Å². The summed E-state index contributed by atoms with van der Waals surface area (Å²) in [5, 5.41) is 9.94. The van der Waals surface area contributed by atoms with E-state index < -0.39 is 0 Å². The highest BCUT2D eigenvalue weighted by Crippen LogP contribution is 2.33. The molecule has 0 spiro atoms. The summed E-state index contributed by atoms with van der Waals surface area (Å²) < 4.78 is 6.14. The van der Waals surface area contributed by atoms with E-state index >= 15 is 0 Å². The average molecular weight is 326 g/mol. The smallest absolute Gasteiger partial charge is 0.143 e. The molecule has 1 fully saturated rings. The van der Waals surface area contributed by atoms with Crippen LogP contribution in [-0.4, -0.2) is 29.2 Å². The number of ether oxygens (including phenoxy) is 1. The summed E-state index contributed by atoms with van der Waals surface area (Å²) in [6.45, 7) is 4.00. The Morgan fingerprint density at radius 2 is 2.22 bits per heavy atom. The van der Waals surface area contributed by atoms with E-state index in [0.717, 1.165) is 47.0 Å². The Morgan fingerprint density at radius 3 is 3.09 bits per heavy atom. The predicted octanol–water partition coefficient (Wildman–Crippen LogP) is 3.48. The largest absolute Gasteiger partial charge is 0.487 e. The van der Waals surface area contributed by atoms with E-state index in [2.05, 4.69) is 32.9 Å². The monoisotopic (exact) mass is 326 g/mol. The summed E-state index contributed by atoms with van der Waals surface area (Å²) in [6.07, 6.45) is 2.87. The SMILES string of the molecule is Cc1csc2ncnc(Nc3ccccc3OC3CCNC3)c12. The molecule has 1 saturated heterocycles. The number of benzene rings is 1. The van der Waals surface area contributed by atoms with E-state index in [1.165, 1.54) is 5.56 Å². The lowest BCUT2D eigenvalue weighted by molar-refractivity contribution is 0.224. The predicted molar refractivity (Wildman–Crippen MR) is 93.8 cm³/mol. The van der Waals surface area contributed by atoms with Crippen LogP contribution in [0.3, 0.4) is 0 Å². The molecule has 23 heavy (non-hydrogen) atoms. The molecule has 1 aromatic carbocycles. The highest BCUT2D eigenvalue weighted by molar-refractivity contribution is 7.17. The van der Waals surface area contributed by atoms with Gasteiger partial charge in [0.15, 0.2) is 0 Å². The van der Waals surface area contributed by atoms with Gasteiger partial charge in [0.25, 0.3) is 0 Å². The molecular formula is C17H18N4OS. The maximum atomic E-state index is 6.14. The molecule has 1 aliphatic rings. The van der Waals surface area contributed by atoms with Crippen molar-refractivity contribution in [3.63, 3.8) is 0 Å². The third kappa shape index (κ3) is 2.87. The number of nitrogens with one attached hydrogen (secondary N) is 2. The van der Waals surface area contributed by atoms with Crippen LogP contribution < -0.4 is 15.4 Å². The molecular weight excluding hydrogens is 308 g/mol. The Labute approximate surface area is 138 Å². The van der Waals surface area contributed by atoms with Gasteiger partial charge in [0.1, 0.15) is 28.8 Å². The summed E-state index contributed by atoms with van der Waals surface area (Å²) in [7, 11) is 0. The molecule has 118 valence electrons. The first-order valence-electron chi connectivity index (χ1n) is 7.73. The lowest BCUT2D eigenvalue weighted by atomic mass is 10.2. The van der Waals surface area contributed by atoms with E-state index in [1.807, 2.05) is 24.3 Å². The summed E-state index contributed by atoms with van der Waals surface area (Å²) >= 11 is 1.64. The van der Waals surface area contributed by atoms with Crippen molar-refractivity contribution in [1.82, 2.24) is 15.3 Å². The van der Waals surface area contributed by atoms with Gasteiger partial charge in [0.2, 0.25) is 0 Å². The van der Waals surface area contributed by atoms with Gasteiger partial charge in [-0.2, -0.15) is 0 Å². The number of hydrogen-bond acceptors (Lipinski definition) is 6. The minimum Gasteiger partial charge on any atom is -0.487 e. The number of anilines is 2.